The van der Waals surface area contributed by atoms with Gasteiger partial charge in [0, 0.05) is 24.9 Å². The third kappa shape index (κ3) is 14.0. The first-order chi connectivity index (χ1) is 19.2. The van der Waals surface area contributed by atoms with E-state index in [-0.39, 0.29) is 56.8 Å². The average Bonchev–Trinajstić information content (AvgIpc) is 3.48. The molecule has 9 heteroatoms. The van der Waals surface area contributed by atoms with Crippen LogP contribution >= 0.6 is 0 Å². The number of alkyl halides is 3. The van der Waals surface area contributed by atoms with Crippen LogP contribution in [0.3, 0.4) is 0 Å². The van der Waals surface area contributed by atoms with Gasteiger partial charge in [-0.15, -0.1) is 6.07 Å². The Bertz CT molecular complexity index is 883. The summed E-state index contributed by atoms with van der Waals surface area (Å²) in [5, 5.41) is 0. The molecule has 3 fully saturated rings. The van der Waals surface area contributed by atoms with Gasteiger partial charge in [0.05, 0.1) is 12.7 Å². The van der Waals surface area contributed by atoms with Gasteiger partial charge in [-0.05, 0) is 74.5 Å². The van der Waals surface area contributed by atoms with E-state index in [2.05, 4.69) is 52.9 Å². The van der Waals surface area contributed by atoms with E-state index in [0.717, 1.165) is 50.0 Å². The number of halogens is 4. The molecular weight excluding hydrogens is 573 g/mol. The van der Waals surface area contributed by atoms with Crippen molar-refractivity contribution in [2.24, 2.45) is 35.0 Å². The maximum absolute atomic E-state index is 12.2. The summed E-state index contributed by atoms with van der Waals surface area (Å²) >= 11 is 0. The Hall–Kier alpha value is 0.0964. The minimum atomic E-state index is -4.66. The summed E-state index contributed by atoms with van der Waals surface area (Å²) in [5.41, 5.74) is -1.22. The third-order valence-corrected chi connectivity index (χ3v) is 8.63. The molecule has 2 aliphatic carbocycles. The molecule has 1 aromatic heterocycles. The number of carbonyl (C=O) groups is 1. The van der Waals surface area contributed by atoms with Crippen LogP contribution in [0.2, 0.25) is 0 Å². The zero-order chi connectivity index (χ0) is 31.2. The Balaban J connectivity index is 0.000000547. The van der Waals surface area contributed by atoms with Crippen molar-refractivity contribution in [1.29, 1.82) is 0 Å². The van der Waals surface area contributed by atoms with E-state index in [4.69, 9.17) is 9.47 Å². The van der Waals surface area contributed by atoms with Gasteiger partial charge in [0.25, 0.3) is 0 Å². The van der Waals surface area contributed by atoms with Crippen molar-refractivity contribution < 1.29 is 83.2 Å². The van der Waals surface area contributed by atoms with Crippen molar-refractivity contribution in [2.45, 2.75) is 105 Å². The molecule has 0 N–H and O–H groups in total. The van der Waals surface area contributed by atoms with E-state index in [0.29, 0.717) is 29.8 Å². The van der Waals surface area contributed by atoms with Crippen LogP contribution in [-0.2, 0) is 20.4 Å². The van der Waals surface area contributed by atoms with E-state index in [1.165, 1.54) is 38.5 Å². The minimum absolute atomic E-state index is 0. The fourth-order valence-corrected chi connectivity index (χ4v) is 5.92. The van der Waals surface area contributed by atoms with Gasteiger partial charge in [-0.3, -0.25) is 4.79 Å². The van der Waals surface area contributed by atoms with Gasteiger partial charge < -0.3 is 27.8 Å². The number of unbranched alkanes of at least 4 members (excludes halogenated alkanes) is 1. The molecule has 238 valence electrons. The molecule has 1 aliphatic heterocycles. The molecule has 1 aromatic rings. The van der Waals surface area contributed by atoms with Crippen molar-refractivity contribution in [1.82, 2.24) is 4.98 Å². The largest absolute Gasteiger partial charge is 1.00 e. The van der Waals surface area contributed by atoms with E-state index in [9.17, 15) is 22.4 Å². The predicted molar refractivity (Wildman–Crippen MR) is 155 cm³/mol. The standard InChI is InChI=1S/C13H22O.C7H14O2.C7H14.C6H2F4N.K/c1-9(2)11-7-12-5-4-6-13(12,8-11)10(3)14;1-6-3-4-9-5-7(6)8-2;1-4-5-6-7(2)3;7-5-3-11-2-1-4(5)6(8,9)10;/h9,11-12H,4-8H2,1-3H3;6-7H,3-5H2,1-2H3;5,7H,2,4,6H2,1,3H3;1-2H;/q;;-2;-1;+1. The smallest absolute Gasteiger partial charge is 0.391 e. The molecule has 0 amide bonds. The molecule has 6 unspecified atom stereocenters. The van der Waals surface area contributed by atoms with E-state index in [1.807, 2.05) is 6.92 Å². The molecule has 1 saturated heterocycles. The first-order valence-electron chi connectivity index (χ1n) is 15.0. The van der Waals surface area contributed by atoms with Crippen molar-refractivity contribution in [3.8, 4) is 0 Å². The fraction of sp³-hybridized carbons (Fsp3) is 0.758. The Morgan fingerprint density at radius 1 is 1.31 bits per heavy atom. The van der Waals surface area contributed by atoms with Crippen molar-refractivity contribution in [3.05, 3.63) is 43.2 Å². The monoisotopic (exact) mass is 625 g/mol. The molecular formula is C33H52F4KNO3-2. The summed E-state index contributed by atoms with van der Waals surface area (Å²) in [5.74, 6) is 2.57. The molecule has 2 heterocycles. The van der Waals surface area contributed by atoms with Crippen LogP contribution in [0.15, 0.2) is 12.3 Å². The zero-order valence-corrected chi connectivity index (χ0v) is 30.3. The van der Waals surface area contributed by atoms with Gasteiger partial charge in [0.1, 0.15) is 5.78 Å². The van der Waals surface area contributed by atoms with Gasteiger partial charge in [-0.25, -0.2) is 10.8 Å². The zero-order valence-electron chi connectivity index (χ0n) is 27.2. The van der Waals surface area contributed by atoms with E-state index in [1.54, 1.807) is 13.3 Å². The SMILES string of the molecule is CC(=O)C12CCCC1CC(C(C)C)C2.COC1COCCC1C.Fc1[c-]nccc1C(F)(F)F.[CH2-]C(C)C[CH-]CC.[K+]. The van der Waals surface area contributed by atoms with E-state index < -0.39 is 17.6 Å². The molecule has 2 saturated carbocycles. The second-order valence-electron chi connectivity index (χ2n) is 12.2. The number of fused-ring (bicyclic) bond motifs is 1. The summed E-state index contributed by atoms with van der Waals surface area (Å²) in [6, 6.07) is 0.561. The van der Waals surface area contributed by atoms with Gasteiger partial charge in [0.15, 0.2) is 0 Å². The number of nitrogens with zero attached hydrogens (tertiary/aromatic N) is 1. The van der Waals surface area contributed by atoms with E-state index >= 15 is 0 Å². The second kappa shape index (κ2) is 21.0. The van der Waals surface area contributed by atoms with Gasteiger partial charge in [0.2, 0.25) is 0 Å². The van der Waals surface area contributed by atoms with Crippen LogP contribution in [-0.4, -0.2) is 37.2 Å². The number of methoxy groups -OCH3 is 1. The normalized spacial score (nSPS) is 27.2. The predicted octanol–water partition coefficient (Wildman–Crippen LogP) is 5.99. The Morgan fingerprint density at radius 3 is 2.36 bits per heavy atom. The summed E-state index contributed by atoms with van der Waals surface area (Å²) in [6.45, 7) is 18.4. The number of ketones is 1. The quantitative estimate of drug-likeness (QED) is 0.222. The fourth-order valence-electron chi connectivity index (χ4n) is 5.92. The topological polar surface area (TPSA) is 48.4 Å². The summed E-state index contributed by atoms with van der Waals surface area (Å²) < 4.78 is 57.9. The minimum Gasteiger partial charge on any atom is -0.391 e. The number of aromatic nitrogens is 1. The molecule has 4 rings (SSSR count). The second-order valence-corrected chi connectivity index (χ2v) is 12.2. The Kier molecular flexibility index (Phi) is 21.0. The van der Waals surface area contributed by atoms with Crippen molar-refractivity contribution >= 4 is 5.78 Å². The maximum atomic E-state index is 12.2. The molecule has 42 heavy (non-hydrogen) atoms. The number of carbonyl (C=O) groups excluding carboxylic acids is 1. The number of Topliss-reactive ketones (excluding diaryl/α,β-unsaturated/α-hetero) is 1. The molecule has 4 nitrogen and oxygen atoms in total. The van der Waals surface area contributed by atoms with Crippen LogP contribution in [0.25, 0.3) is 0 Å². The summed E-state index contributed by atoms with van der Waals surface area (Å²) in [4.78, 5) is 14.9. The molecule has 0 bridgehead atoms. The van der Waals surface area contributed by atoms with Crippen LogP contribution in [0.4, 0.5) is 17.6 Å². The molecule has 0 aromatic carbocycles. The van der Waals surface area contributed by atoms with Gasteiger partial charge >= 0.3 is 57.6 Å². The molecule has 3 aliphatic rings. The molecule has 6 atom stereocenters. The third-order valence-electron chi connectivity index (χ3n) is 8.63. The maximum Gasteiger partial charge on any atom is 1.00 e. The molecule has 0 radical (unpaired) electrons. The van der Waals surface area contributed by atoms with Gasteiger partial charge in [-0.2, -0.15) is 25.5 Å². The number of pyridine rings is 1. The number of rotatable bonds is 6. The summed E-state index contributed by atoms with van der Waals surface area (Å²) in [6.07, 6.45) is 10.1. The van der Waals surface area contributed by atoms with Crippen LogP contribution in [0.5, 0.6) is 0 Å². The number of hydrogen-bond donors (Lipinski definition) is 0. The van der Waals surface area contributed by atoms with Gasteiger partial charge in [-0.1, -0.05) is 47.2 Å². The first-order valence-corrected chi connectivity index (χ1v) is 15.0. The first kappa shape index (κ1) is 42.1. The van der Waals surface area contributed by atoms with Crippen molar-refractivity contribution in [2.75, 3.05) is 20.3 Å². The Morgan fingerprint density at radius 2 is 1.98 bits per heavy atom. The van der Waals surface area contributed by atoms with Crippen LogP contribution in [0.1, 0.15) is 98.5 Å². The number of hydrogen-bond acceptors (Lipinski definition) is 4. The van der Waals surface area contributed by atoms with Crippen molar-refractivity contribution in [3.63, 3.8) is 0 Å². The van der Waals surface area contributed by atoms with Crippen LogP contribution in [0, 0.1) is 60.4 Å². The average molecular weight is 626 g/mol. The number of ether oxygens (including phenoxy) is 2. The van der Waals surface area contributed by atoms with Crippen LogP contribution < -0.4 is 51.4 Å². The molecule has 0 spiro atoms. The summed E-state index contributed by atoms with van der Waals surface area (Å²) in [7, 11) is 1.75. The Labute approximate surface area is 295 Å².